The Kier molecular flexibility index (Phi) is 3.79. The largest absolute Gasteiger partial charge is 0.294 e. The summed E-state index contributed by atoms with van der Waals surface area (Å²) in [5, 5.41) is 1.90. The number of carbonyl (C=O) groups excluding carboxylic acids is 1. The van der Waals surface area contributed by atoms with Gasteiger partial charge in [-0.2, -0.15) is 0 Å². The van der Waals surface area contributed by atoms with Crippen molar-refractivity contribution in [2.75, 3.05) is 0 Å². The summed E-state index contributed by atoms with van der Waals surface area (Å²) >= 11 is 4.93. The van der Waals surface area contributed by atoms with Crippen molar-refractivity contribution in [2.24, 2.45) is 0 Å². The minimum absolute atomic E-state index is 0.185. The van der Waals surface area contributed by atoms with Gasteiger partial charge in [0.25, 0.3) is 0 Å². The van der Waals surface area contributed by atoms with Crippen LogP contribution in [0.1, 0.15) is 27.0 Å². The van der Waals surface area contributed by atoms with Gasteiger partial charge in [-0.1, -0.05) is 18.2 Å². The van der Waals surface area contributed by atoms with Crippen molar-refractivity contribution >= 4 is 33.0 Å². The Hall–Kier alpha value is -0.930. The Morgan fingerprint density at radius 3 is 2.47 bits per heavy atom. The highest BCUT2D eigenvalue weighted by atomic mass is 79.9. The maximum Gasteiger partial charge on any atom is 0.168 e. The van der Waals surface area contributed by atoms with E-state index in [1.807, 2.05) is 17.5 Å². The summed E-state index contributed by atoms with van der Waals surface area (Å²) in [6.07, 6.45) is 0.488. The van der Waals surface area contributed by atoms with E-state index < -0.39 is 0 Å². The van der Waals surface area contributed by atoms with E-state index in [0.29, 0.717) is 6.42 Å². The van der Waals surface area contributed by atoms with Gasteiger partial charge in [-0.05, 0) is 52.5 Å². The lowest BCUT2D eigenvalue weighted by Gasteiger charge is -2.08. The van der Waals surface area contributed by atoms with Gasteiger partial charge in [0.05, 0.1) is 3.79 Å². The second-order valence-electron chi connectivity index (χ2n) is 4.11. The molecule has 3 heteroatoms. The molecule has 0 aliphatic rings. The number of hydrogen-bond donors (Lipinski definition) is 0. The number of carbonyl (C=O) groups is 1. The first kappa shape index (κ1) is 12.5. The summed E-state index contributed by atoms with van der Waals surface area (Å²) in [4.78, 5) is 12.1. The quantitative estimate of drug-likeness (QED) is 0.760. The summed E-state index contributed by atoms with van der Waals surface area (Å²) in [5.41, 5.74) is 4.32. The Balaban J connectivity index is 2.24. The summed E-state index contributed by atoms with van der Waals surface area (Å²) < 4.78 is 1.00. The fourth-order valence-electron chi connectivity index (χ4n) is 1.85. The molecule has 2 rings (SSSR count). The lowest BCUT2D eigenvalue weighted by molar-refractivity contribution is 0.0993. The van der Waals surface area contributed by atoms with Gasteiger partial charge in [0, 0.05) is 17.4 Å². The molecule has 88 valence electrons. The maximum atomic E-state index is 12.1. The van der Waals surface area contributed by atoms with Crippen LogP contribution in [0.15, 0.2) is 33.4 Å². The molecule has 0 unspecified atom stereocenters. The summed E-state index contributed by atoms with van der Waals surface area (Å²) in [6, 6.07) is 8.03. The molecule has 0 fully saturated rings. The molecule has 1 aromatic heterocycles. The molecule has 0 saturated heterocycles. The number of aryl methyl sites for hydroxylation is 2. The maximum absolute atomic E-state index is 12.1. The summed E-state index contributed by atoms with van der Waals surface area (Å²) in [5.74, 6) is 0.185. The van der Waals surface area contributed by atoms with Crippen LogP contribution in [0.2, 0.25) is 0 Å². The van der Waals surface area contributed by atoms with Crippen LogP contribution < -0.4 is 0 Å². The second kappa shape index (κ2) is 5.15. The molecule has 1 heterocycles. The van der Waals surface area contributed by atoms with Gasteiger partial charge >= 0.3 is 0 Å². The van der Waals surface area contributed by atoms with Crippen LogP contribution in [0.5, 0.6) is 0 Å². The topological polar surface area (TPSA) is 17.1 Å². The minimum Gasteiger partial charge on any atom is -0.294 e. The first-order chi connectivity index (χ1) is 8.08. The average Bonchev–Trinajstić information content (AvgIpc) is 2.70. The summed E-state index contributed by atoms with van der Waals surface area (Å²) in [7, 11) is 0. The molecule has 1 nitrogen and oxygen atoms in total. The number of benzene rings is 1. The van der Waals surface area contributed by atoms with Gasteiger partial charge in [-0.15, -0.1) is 11.3 Å². The third-order valence-electron chi connectivity index (χ3n) is 2.87. The van der Waals surface area contributed by atoms with E-state index >= 15 is 0 Å². The molecule has 0 aliphatic heterocycles. The number of Topliss-reactive ketones (excluding diaryl/α,β-unsaturated/α-hetero) is 1. The van der Waals surface area contributed by atoms with E-state index in [0.717, 1.165) is 14.9 Å². The molecular weight excluding hydrogens is 296 g/mol. The van der Waals surface area contributed by atoms with Crippen molar-refractivity contribution in [3.05, 3.63) is 55.7 Å². The normalized spacial score (nSPS) is 10.5. The SMILES string of the molecule is Cc1cccc(C)c1CC(=O)c1csc(Br)c1. The molecule has 1 aromatic carbocycles. The molecule has 2 aromatic rings. The number of halogens is 1. The van der Waals surface area contributed by atoms with Gasteiger partial charge in [-0.25, -0.2) is 0 Å². The van der Waals surface area contributed by atoms with E-state index in [4.69, 9.17) is 0 Å². The lowest BCUT2D eigenvalue weighted by Crippen LogP contribution is -2.05. The molecule has 0 spiro atoms. The molecular formula is C14H13BrOS. The fraction of sp³-hybridized carbons (Fsp3) is 0.214. The Bertz CT molecular complexity index is 537. The van der Waals surface area contributed by atoms with Crippen molar-refractivity contribution in [2.45, 2.75) is 20.3 Å². The molecule has 0 bridgehead atoms. The van der Waals surface area contributed by atoms with Crippen molar-refractivity contribution in [3.63, 3.8) is 0 Å². The number of ketones is 1. The van der Waals surface area contributed by atoms with Crippen LogP contribution in [0.3, 0.4) is 0 Å². The highest BCUT2D eigenvalue weighted by molar-refractivity contribution is 9.11. The minimum atomic E-state index is 0.185. The van der Waals surface area contributed by atoms with Crippen LogP contribution in [-0.2, 0) is 6.42 Å². The highest BCUT2D eigenvalue weighted by Crippen LogP contribution is 2.23. The van der Waals surface area contributed by atoms with Crippen molar-refractivity contribution < 1.29 is 4.79 Å². The Morgan fingerprint density at radius 2 is 1.94 bits per heavy atom. The van der Waals surface area contributed by atoms with E-state index in [1.165, 1.54) is 11.1 Å². The molecule has 0 atom stereocenters. The monoisotopic (exact) mass is 308 g/mol. The summed E-state index contributed by atoms with van der Waals surface area (Å²) in [6.45, 7) is 4.11. The zero-order valence-corrected chi connectivity index (χ0v) is 12.2. The van der Waals surface area contributed by atoms with E-state index in [9.17, 15) is 4.79 Å². The van der Waals surface area contributed by atoms with Crippen LogP contribution in [0.25, 0.3) is 0 Å². The number of thiophene rings is 1. The third-order valence-corrected chi connectivity index (χ3v) is 4.38. The van der Waals surface area contributed by atoms with Crippen molar-refractivity contribution in [1.29, 1.82) is 0 Å². The van der Waals surface area contributed by atoms with E-state index in [2.05, 4.69) is 41.9 Å². The van der Waals surface area contributed by atoms with Crippen LogP contribution >= 0.6 is 27.3 Å². The van der Waals surface area contributed by atoms with Crippen molar-refractivity contribution in [1.82, 2.24) is 0 Å². The van der Waals surface area contributed by atoms with Crippen LogP contribution in [-0.4, -0.2) is 5.78 Å². The van der Waals surface area contributed by atoms with Crippen LogP contribution in [0, 0.1) is 13.8 Å². The van der Waals surface area contributed by atoms with Gasteiger partial charge in [0.15, 0.2) is 5.78 Å². The molecule has 0 amide bonds. The van der Waals surface area contributed by atoms with E-state index in [1.54, 1.807) is 11.3 Å². The number of hydrogen-bond acceptors (Lipinski definition) is 2. The standard InChI is InChI=1S/C14H13BrOS/c1-9-4-3-5-10(2)12(9)7-13(16)11-6-14(15)17-8-11/h3-6,8H,7H2,1-2H3. The predicted octanol–water partition coefficient (Wildman–Crippen LogP) is 4.55. The molecule has 0 aliphatic carbocycles. The molecule has 17 heavy (non-hydrogen) atoms. The first-order valence-electron chi connectivity index (χ1n) is 5.40. The van der Waals surface area contributed by atoms with Gasteiger partial charge < -0.3 is 0 Å². The second-order valence-corrected chi connectivity index (χ2v) is 6.40. The average molecular weight is 309 g/mol. The van der Waals surface area contributed by atoms with E-state index in [-0.39, 0.29) is 5.78 Å². The number of rotatable bonds is 3. The van der Waals surface area contributed by atoms with Gasteiger partial charge in [0.1, 0.15) is 0 Å². The fourth-order valence-corrected chi connectivity index (χ4v) is 3.01. The van der Waals surface area contributed by atoms with Gasteiger partial charge in [-0.3, -0.25) is 4.79 Å². The first-order valence-corrected chi connectivity index (χ1v) is 7.07. The van der Waals surface area contributed by atoms with Crippen LogP contribution in [0.4, 0.5) is 0 Å². The smallest absolute Gasteiger partial charge is 0.168 e. The zero-order valence-electron chi connectivity index (χ0n) is 9.79. The Labute approximate surface area is 114 Å². The zero-order chi connectivity index (χ0) is 12.4. The van der Waals surface area contributed by atoms with Crippen molar-refractivity contribution in [3.8, 4) is 0 Å². The highest BCUT2D eigenvalue weighted by Gasteiger charge is 2.12. The molecule has 0 saturated carbocycles. The lowest BCUT2D eigenvalue weighted by atomic mass is 9.96. The Morgan fingerprint density at radius 1 is 1.29 bits per heavy atom. The molecule has 0 radical (unpaired) electrons. The predicted molar refractivity (Wildman–Crippen MR) is 76.0 cm³/mol. The molecule has 0 N–H and O–H groups in total. The third kappa shape index (κ3) is 2.85. The van der Waals surface area contributed by atoms with Gasteiger partial charge in [0.2, 0.25) is 0 Å².